The Morgan fingerprint density at radius 3 is 3.08 bits per heavy atom. The second kappa shape index (κ2) is 7.25. The molecule has 3 aromatic rings. The lowest BCUT2D eigenvalue weighted by Crippen LogP contribution is -2.19. The first kappa shape index (κ1) is 16.7. The molecule has 1 aromatic carbocycles. The summed E-state index contributed by atoms with van der Waals surface area (Å²) in [5, 5.41) is 13.5. The number of phenolic OH excluding ortho intramolecular Hbond substituents is 1. The number of aromatic hydroxyl groups is 1. The first-order valence-corrected chi connectivity index (χ1v) is 9.05. The van der Waals surface area contributed by atoms with Crippen molar-refractivity contribution in [2.45, 2.75) is 25.9 Å². The van der Waals surface area contributed by atoms with Gasteiger partial charge in [-0.25, -0.2) is 4.98 Å². The number of hydrogen-bond acceptors (Lipinski definition) is 5. The lowest BCUT2D eigenvalue weighted by atomic mass is 10.1. The number of rotatable bonds is 6. The zero-order chi connectivity index (χ0) is 17.9. The van der Waals surface area contributed by atoms with E-state index in [0.29, 0.717) is 12.4 Å². The van der Waals surface area contributed by atoms with E-state index < -0.39 is 0 Å². The van der Waals surface area contributed by atoms with Gasteiger partial charge in [0.2, 0.25) is 0 Å². The van der Waals surface area contributed by atoms with E-state index in [1.54, 1.807) is 6.07 Å². The maximum absolute atomic E-state index is 9.99. The number of pyridine rings is 1. The van der Waals surface area contributed by atoms with Crippen LogP contribution in [0.1, 0.15) is 19.8 Å². The maximum atomic E-state index is 9.99. The normalized spacial score (nSPS) is 16.9. The van der Waals surface area contributed by atoms with Gasteiger partial charge in [0.1, 0.15) is 17.2 Å². The van der Waals surface area contributed by atoms with Crippen LogP contribution in [0.4, 0.5) is 5.82 Å². The number of fused-ring (bicyclic) bond motifs is 1. The van der Waals surface area contributed by atoms with Gasteiger partial charge < -0.3 is 19.9 Å². The first-order valence-electron chi connectivity index (χ1n) is 9.05. The van der Waals surface area contributed by atoms with Crippen molar-refractivity contribution in [2.24, 2.45) is 0 Å². The van der Waals surface area contributed by atoms with E-state index in [1.165, 1.54) is 0 Å². The van der Waals surface area contributed by atoms with Gasteiger partial charge in [-0.15, -0.1) is 0 Å². The highest BCUT2D eigenvalue weighted by atomic mass is 16.5. The molecule has 0 spiro atoms. The Kier molecular flexibility index (Phi) is 4.67. The van der Waals surface area contributed by atoms with Crippen molar-refractivity contribution < 1.29 is 14.6 Å². The topological polar surface area (TPSA) is 68.0 Å². The van der Waals surface area contributed by atoms with Crippen LogP contribution in [-0.2, 0) is 4.74 Å². The molecule has 0 unspecified atom stereocenters. The first-order chi connectivity index (χ1) is 12.8. The number of aromatic nitrogens is 2. The van der Waals surface area contributed by atoms with Gasteiger partial charge in [0.05, 0.1) is 12.7 Å². The smallest absolute Gasteiger partial charge is 0.161 e. The summed E-state index contributed by atoms with van der Waals surface area (Å²) in [5.41, 5.74) is 2.59. The third-order valence-corrected chi connectivity index (χ3v) is 4.58. The zero-order valence-corrected chi connectivity index (χ0v) is 14.8. The third kappa shape index (κ3) is 3.20. The van der Waals surface area contributed by atoms with E-state index in [1.807, 2.05) is 47.9 Å². The van der Waals surface area contributed by atoms with Crippen molar-refractivity contribution in [3.8, 4) is 22.8 Å². The molecular weight excluding hydrogens is 330 g/mol. The van der Waals surface area contributed by atoms with E-state index in [2.05, 4.69) is 5.32 Å². The van der Waals surface area contributed by atoms with Crippen LogP contribution in [0.25, 0.3) is 16.9 Å². The SMILES string of the molecule is CCOc1cc(-c2nc3ccccn3c2NC[C@H]2CCCO2)ccc1O. The van der Waals surface area contributed by atoms with Gasteiger partial charge in [-0.3, -0.25) is 4.40 Å². The average Bonchev–Trinajstić information content (AvgIpc) is 3.29. The molecule has 1 atom stereocenters. The summed E-state index contributed by atoms with van der Waals surface area (Å²) in [7, 11) is 0. The summed E-state index contributed by atoms with van der Waals surface area (Å²) in [6, 6.07) is 11.3. The van der Waals surface area contributed by atoms with Crippen molar-refractivity contribution in [1.29, 1.82) is 0 Å². The lowest BCUT2D eigenvalue weighted by molar-refractivity contribution is 0.120. The van der Waals surface area contributed by atoms with Crippen LogP contribution in [0.3, 0.4) is 0 Å². The highest BCUT2D eigenvalue weighted by Gasteiger charge is 2.19. The number of phenols is 1. The summed E-state index contributed by atoms with van der Waals surface area (Å²) in [5.74, 6) is 1.52. The van der Waals surface area contributed by atoms with Crippen molar-refractivity contribution in [2.75, 3.05) is 25.1 Å². The Morgan fingerprint density at radius 2 is 2.27 bits per heavy atom. The molecule has 136 valence electrons. The molecule has 1 aliphatic rings. The van der Waals surface area contributed by atoms with E-state index in [9.17, 15) is 5.11 Å². The minimum absolute atomic E-state index is 0.133. The van der Waals surface area contributed by atoms with E-state index >= 15 is 0 Å². The predicted molar refractivity (Wildman–Crippen MR) is 101 cm³/mol. The number of nitrogens with zero attached hydrogens (tertiary/aromatic N) is 2. The molecule has 6 nitrogen and oxygen atoms in total. The summed E-state index contributed by atoms with van der Waals surface area (Å²) in [4.78, 5) is 4.78. The fourth-order valence-corrected chi connectivity index (χ4v) is 3.31. The summed E-state index contributed by atoms with van der Waals surface area (Å²) < 4.78 is 13.3. The minimum Gasteiger partial charge on any atom is -0.504 e. The van der Waals surface area contributed by atoms with Crippen LogP contribution in [0.15, 0.2) is 42.6 Å². The van der Waals surface area contributed by atoms with Gasteiger partial charge in [0.25, 0.3) is 0 Å². The molecule has 1 saturated heterocycles. The standard InChI is InChI=1S/C20H23N3O3/c1-2-25-17-12-14(8-9-16(17)24)19-20(21-13-15-6-5-11-26-15)23-10-4-3-7-18(23)22-19/h3-4,7-10,12,15,21,24H,2,5-6,11,13H2,1H3/t15-/m1/s1. The molecule has 0 bridgehead atoms. The monoisotopic (exact) mass is 353 g/mol. The number of nitrogens with one attached hydrogen (secondary N) is 1. The molecule has 1 fully saturated rings. The molecule has 0 amide bonds. The van der Waals surface area contributed by atoms with Gasteiger partial charge >= 0.3 is 0 Å². The molecule has 3 heterocycles. The molecule has 0 aliphatic carbocycles. The summed E-state index contributed by atoms with van der Waals surface area (Å²) in [6.45, 7) is 3.96. The van der Waals surface area contributed by atoms with Crippen LogP contribution < -0.4 is 10.1 Å². The molecule has 1 aliphatic heterocycles. The van der Waals surface area contributed by atoms with Gasteiger partial charge in [-0.05, 0) is 50.1 Å². The maximum Gasteiger partial charge on any atom is 0.161 e. The Bertz CT molecular complexity index is 900. The molecule has 6 heteroatoms. The predicted octanol–water partition coefficient (Wildman–Crippen LogP) is 3.70. The van der Waals surface area contributed by atoms with E-state index in [4.69, 9.17) is 14.5 Å². The number of anilines is 1. The Labute approximate surface area is 152 Å². The van der Waals surface area contributed by atoms with Crippen LogP contribution in [0.5, 0.6) is 11.5 Å². The fraction of sp³-hybridized carbons (Fsp3) is 0.350. The second-order valence-electron chi connectivity index (χ2n) is 6.37. The molecule has 0 radical (unpaired) electrons. The molecule has 0 saturated carbocycles. The number of hydrogen-bond donors (Lipinski definition) is 2. The van der Waals surface area contributed by atoms with E-state index in [0.717, 1.165) is 48.7 Å². The van der Waals surface area contributed by atoms with Crippen molar-refractivity contribution in [3.05, 3.63) is 42.6 Å². The minimum atomic E-state index is 0.133. The number of benzene rings is 1. The fourth-order valence-electron chi connectivity index (χ4n) is 3.31. The van der Waals surface area contributed by atoms with Gasteiger partial charge in [0, 0.05) is 24.9 Å². The van der Waals surface area contributed by atoms with Crippen molar-refractivity contribution >= 4 is 11.5 Å². The molecule has 26 heavy (non-hydrogen) atoms. The number of imidazole rings is 1. The number of ether oxygens (including phenoxy) is 2. The Balaban J connectivity index is 1.73. The molecule has 2 aromatic heterocycles. The van der Waals surface area contributed by atoms with Crippen molar-refractivity contribution in [1.82, 2.24) is 9.38 Å². The van der Waals surface area contributed by atoms with Crippen LogP contribution in [0.2, 0.25) is 0 Å². The lowest BCUT2D eigenvalue weighted by Gasteiger charge is -2.13. The van der Waals surface area contributed by atoms with Gasteiger partial charge in [0.15, 0.2) is 11.5 Å². The molecular formula is C20H23N3O3. The Hall–Kier alpha value is -2.73. The highest BCUT2D eigenvalue weighted by molar-refractivity contribution is 5.78. The van der Waals surface area contributed by atoms with Crippen LogP contribution in [0, 0.1) is 0 Å². The van der Waals surface area contributed by atoms with E-state index in [-0.39, 0.29) is 11.9 Å². The molecule has 4 rings (SSSR count). The average molecular weight is 353 g/mol. The second-order valence-corrected chi connectivity index (χ2v) is 6.37. The largest absolute Gasteiger partial charge is 0.504 e. The van der Waals surface area contributed by atoms with Gasteiger partial charge in [-0.2, -0.15) is 0 Å². The van der Waals surface area contributed by atoms with Gasteiger partial charge in [-0.1, -0.05) is 6.07 Å². The van der Waals surface area contributed by atoms with Crippen LogP contribution in [-0.4, -0.2) is 40.4 Å². The third-order valence-electron chi connectivity index (χ3n) is 4.58. The van der Waals surface area contributed by atoms with Crippen molar-refractivity contribution in [3.63, 3.8) is 0 Å². The highest BCUT2D eigenvalue weighted by Crippen LogP contribution is 2.35. The summed E-state index contributed by atoms with van der Waals surface area (Å²) >= 11 is 0. The quantitative estimate of drug-likeness (QED) is 0.707. The summed E-state index contributed by atoms with van der Waals surface area (Å²) in [6.07, 6.45) is 4.42. The van der Waals surface area contributed by atoms with Crippen LogP contribution >= 0.6 is 0 Å². The Morgan fingerprint density at radius 1 is 1.35 bits per heavy atom. The molecule has 2 N–H and O–H groups in total. The zero-order valence-electron chi connectivity index (χ0n) is 14.8.